The van der Waals surface area contributed by atoms with Gasteiger partial charge >= 0.3 is 5.97 Å². The predicted molar refractivity (Wildman–Crippen MR) is 89.0 cm³/mol. The molecule has 1 aliphatic rings. The van der Waals surface area contributed by atoms with Gasteiger partial charge in [-0.1, -0.05) is 37.3 Å². The first-order chi connectivity index (χ1) is 11.1. The van der Waals surface area contributed by atoms with Crippen LogP contribution in [0, 0.1) is 0 Å². The summed E-state index contributed by atoms with van der Waals surface area (Å²) in [6, 6.07) is 13.0. The molecule has 2 aromatic rings. The molecule has 0 aliphatic carbocycles. The lowest BCUT2D eigenvalue weighted by Crippen LogP contribution is -2.23. The van der Waals surface area contributed by atoms with Gasteiger partial charge in [-0.05, 0) is 29.7 Å². The number of carboxylic acids is 1. The van der Waals surface area contributed by atoms with Crippen molar-refractivity contribution in [2.24, 2.45) is 0 Å². The van der Waals surface area contributed by atoms with Crippen molar-refractivity contribution >= 4 is 17.4 Å². The van der Waals surface area contributed by atoms with Gasteiger partial charge in [-0.2, -0.15) is 0 Å². The minimum atomic E-state index is -0.866. The Morgan fingerprint density at radius 1 is 1.17 bits per heavy atom. The van der Waals surface area contributed by atoms with Crippen LogP contribution in [0.1, 0.15) is 40.4 Å². The molecule has 1 aliphatic heterocycles. The molecule has 0 radical (unpaired) electrons. The van der Waals surface area contributed by atoms with Crippen LogP contribution in [0.4, 0.5) is 5.69 Å². The Hall–Kier alpha value is -2.62. The molecule has 0 bridgehead atoms. The van der Waals surface area contributed by atoms with Crippen molar-refractivity contribution in [3.8, 4) is 0 Å². The fraction of sp³-hybridized carbons (Fsp3) is 0.263. The van der Waals surface area contributed by atoms with Crippen LogP contribution in [0.5, 0.6) is 0 Å². The fourth-order valence-electron chi connectivity index (χ4n) is 3.10. The van der Waals surface area contributed by atoms with Gasteiger partial charge in [-0.15, -0.1) is 0 Å². The summed E-state index contributed by atoms with van der Waals surface area (Å²) in [5.41, 5.74) is 3.96. The molecule has 0 saturated heterocycles. The van der Waals surface area contributed by atoms with Crippen molar-refractivity contribution in [3.63, 3.8) is 0 Å². The molecule has 1 N–H and O–H groups in total. The number of carbonyl (C=O) groups is 2. The fourth-order valence-corrected chi connectivity index (χ4v) is 3.10. The number of ketones is 1. The second-order valence-electron chi connectivity index (χ2n) is 5.83. The zero-order valence-corrected chi connectivity index (χ0v) is 13.1. The summed E-state index contributed by atoms with van der Waals surface area (Å²) >= 11 is 0. The molecule has 0 spiro atoms. The highest BCUT2D eigenvalue weighted by atomic mass is 16.4. The van der Waals surface area contributed by atoms with Crippen LogP contribution in [-0.2, 0) is 17.8 Å². The number of hydrogen-bond acceptors (Lipinski definition) is 3. The Bertz CT molecular complexity index is 767. The monoisotopic (exact) mass is 309 g/mol. The normalized spacial score (nSPS) is 13.3. The van der Waals surface area contributed by atoms with E-state index in [0.717, 1.165) is 35.3 Å². The Balaban J connectivity index is 2.12. The van der Waals surface area contributed by atoms with Crippen LogP contribution in [0.2, 0.25) is 0 Å². The van der Waals surface area contributed by atoms with Crippen LogP contribution in [-0.4, -0.2) is 23.4 Å². The van der Waals surface area contributed by atoms with Gasteiger partial charge < -0.3 is 10.0 Å². The Labute approximate surface area is 135 Å². The van der Waals surface area contributed by atoms with E-state index in [4.69, 9.17) is 5.11 Å². The van der Waals surface area contributed by atoms with Gasteiger partial charge in [0.05, 0.1) is 6.42 Å². The molecule has 0 amide bonds. The molecule has 2 aromatic carbocycles. The minimum Gasteiger partial charge on any atom is -0.481 e. The lowest BCUT2D eigenvalue weighted by atomic mass is 9.98. The number of anilines is 1. The van der Waals surface area contributed by atoms with Crippen LogP contribution in [0.15, 0.2) is 42.5 Å². The summed E-state index contributed by atoms with van der Waals surface area (Å²) in [5, 5.41) is 9.01. The summed E-state index contributed by atoms with van der Waals surface area (Å²) in [6.07, 6.45) is 0.924. The van der Waals surface area contributed by atoms with Gasteiger partial charge in [0.1, 0.15) is 0 Å². The van der Waals surface area contributed by atoms with Crippen LogP contribution in [0.25, 0.3) is 0 Å². The SMILES string of the molecule is CCCN1Cc2ccccc2C(=O)c2ccc(CC(=O)O)cc21. The largest absolute Gasteiger partial charge is 0.481 e. The molecule has 0 atom stereocenters. The Kier molecular flexibility index (Phi) is 4.15. The third kappa shape index (κ3) is 2.97. The summed E-state index contributed by atoms with van der Waals surface area (Å²) < 4.78 is 0. The highest BCUT2D eigenvalue weighted by molar-refractivity contribution is 6.14. The Morgan fingerprint density at radius 2 is 1.96 bits per heavy atom. The lowest BCUT2D eigenvalue weighted by molar-refractivity contribution is -0.136. The minimum absolute atomic E-state index is 0.0103. The molecule has 0 saturated carbocycles. The van der Waals surface area contributed by atoms with Crippen molar-refractivity contribution < 1.29 is 14.7 Å². The molecule has 23 heavy (non-hydrogen) atoms. The van der Waals surface area contributed by atoms with E-state index in [9.17, 15) is 9.59 Å². The molecule has 0 unspecified atom stereocenters. The topological polar surface area (TPSA) is 57.6 Å². The molecule has 0 fully saturated rings. The number of aliphatic carboxylic acids is 1. The molecule has 4 nitrogen and oxygen atoms in total. The van der Waals surface area contributed by atoms with Crippen molar-refractivity contribution in [2.45, 2.75) is 26.3 Å². The maximum absolute atomic E-state index is 12.9. The van der Waals surface area contributed by atoms with Crippen LogP contribution >= 0.6 is 0 Å². The second kappa shape index (κ2) is 6.24. The summed E-state index contributed by atoms with van der Waals surface area (Å²) in [7, 11) is 0. The van der Waals surface area contributed by atoms with E-state index in [-0.39, 0.29) is 12.2 Å². The van der Waals surface area contributed by atoms with E-state index >= 15 is 0 Å². The van der Waals surface area contributed by atoms with Crippen molar-refractivity contribution in [1.29, 1.82) is 0 Å². The number of fused-ring (bicyclic) bond motifs is 2. The third-order valence-electron chi connectivity index (χ3n) is 4.12. The van der Waals surface area contributed by atoms with Crippen LogP contribution < -0.4 is 4.90 Å². The zero-order chi connectivity index (χ0) is 16.4. The number of nitrogens with zero attached hydrogens (tertiary/aromatic N) is 1. The van der Waals surface area contributed by atoms with E-state index in [0.29, 0.717) is 12.1 Å². The van der Waals surface area contributed by atoms with Gasteiger partial charge in [0.15, 0.2) is 5.78 Å². The molecule has 4 heteroatoms. The van der Waals surface area contributed by atoms with Crippen molar-refractivity contribution in [2.75, 3.05) is 11.4 Å². The average Bonchev–Trinajstić information content (AvgIpc) is 2.64. The Morgan fingerprint density at radius 3 is 2.70 bits per heavy atom. The number of carbonyl (C=O) groups excluding carboxylic acids is 1. The predicted octanol–water partition coefficient (Wildman–Crippen LogP) is 3.27. The number of rotatable bonds is 4. The van der Waals surface area contributed by atoms with E-state index < -0.39 is 5.97 Å². The van der Waals surface area contributed by atoms with Crippen LogP contribution in [0.3, 0.4) is 0 Å². The molecule has 3 rings (SSSR count). The molecular formula is C19H19NO3. The third-order valence-corrected chi connectivity index (χ3v) is 4.12. The van der Waals surface area contributed by atoms with Crippen molar-refractivity contribution in [3.05, 3.63) is 64.7 Å². The average molecular weight is 309 g/mol. The summed E-state index contributed by atoms with van der Waals surface area (Å²) in [6.45, 7) is 3.59. The summed E-state index contributed by atoms with van der Waals surface area (Å²) in [5.74, 6) is -0.855. The quantitative estimate of drug-likeness (QED) is 0.941. The standard InChI is InChI=1S/C19H19NO3/c1-2-9-20-12-14-5-3-4-6-15(14)19(23)16-8-7-13(10-17(16)20)11-18(21)22/h3-8,10H,2,9,11-12H2,1H3,(H,21,22). The first kappa shape index (κ1) is 15.3. The van der Waals surface area contributed by atoms with E-state index in [1.165, 1.54) is 0 Å². The highest BCUT2D eigenvalue weighted by Crippen LogP contribution is 2.31. The van der Waals surface area contributed by atoms with Gasteiger partial charge in [0.25, 0.3) is 0 Å². The lowest BCUT2D eigenvalue weighted by Gasteiger charge is -2.25. The molecule has 1 heterocycles. The first-order valence-corrected chi connectivity index (χ1v) is 7.82. The van der Waals surface area contributed by atoms with Gasteiger partial charge in [0.2, 0.25) is 0 Å². The molecule has 118 valence electrons. The van der Waals surface area contributed by atoms with E-state index in [1.807, 2.05) is 30.3 Å². The summed E-state index contributed by atoms with van der Waals surface area (Å²) in [4.78, 5) is 26.0. The number of benzene rings is 2. The van der Waals surface area contributed by atoms with E-state index in [1.54, 1.807) is 12.1 Å². The first-order valence-electron chi connectivity index (χ1n) is 7.82. The van der Waals surface area contributed by atoms with Crippen molar-refractivity contribution in [1.82, 2.24) is 0 Å². The molecule has 0 aromatic heterocycles. The van der Waals surface area contributed by atoms with Gasteiger partial charge in [0, 0.05) is 29.9 Å². The van der Waals surface area contributed by atoms with Gasteiger partial charge in [-0.25, -0.2) is 0 Å². The maximum Gasteiger partial charge on any atom is 0.307 e. The smallest absolute Gasteiger partial charge is 0.307 e. The molecular weight excluding hydrogens is 290 g/mol. The highest BCUT2D eigenvalue weighted by Gasteiger charge is 2.25. The second-order valence-corrected chi connectivity index (χ2v) is 5.83. The van der Waals surface area contributed by atoms with Gasteiger partial charge in [-0.3, -0.25) is 9.59 Å². The number of carboxylic acid groups (broad SMARTS) is 1. The number of hydrogen-bond donors (Lipinski definition) is 1. The van der Waals surface area contributed by atoms with E-state index in [2.05, 4.69) is 11.8 Å². The zero-order valence-electron chi connectivity index (χ0n) is 13.1. The maximum atomic E-state index is 12.9.